The van der Waals surface area contributed by atoms with E-state index in [4.69, 9.17) is 9.97 Å². The Hall–Kier alpha value is -2.42. The maximum atomic E-state index is 4.92. The molecule has 3 heteroatoms. The van der Waals surface area contributed by atoms with Crippen LogP contribution in [-0.4, -0.2) is 14.4 Å². The lowest BCUT2D eigenvalue weighted by Gasteiger charge is -2.08. The quantitative estimate of drug-likeness (QED) is 0.507. The Kier molecular flexibility index (Phi) is 3.26. The predicted octanol–water partition coefficient (Wildman–Crippen LogP) is 4.77. The summed E-state index contributed by atoms with van der Waals surface area (Å²) < 4.78 is 2.24. The van der Waals surface area contributed by atoms with Crippen molar-refractivity contribution in [2.45, 2.75) is 32.6 Å². The van der Waals surface area contributed by atoms with E-state index in [0.29, 0.717) is 0 Å². The van der Waals surface area contributed by atoms with Gasteiger partial charge in [0.2, 0.25) is 0 Å². The lowest BCUT2D eigenvalue weighted by molar-refractivity contribution is 0.691. The molecule has 4 aromatic rings. The third-order valence-corrected chi connectivity index (χ3v) is 4.22. The van der Waals surface area contributed by atoms with E-state index < -0.39 is 0 Å². The van der Waals surface area contributed by atoms with Crippen LogP contribution in [0.5, 0.6) is 0 Å². The average Bonchev–Trinajstić information content (AvgIpc) is 2.95. The minimum Gasteiger partial charge on any atom is -0.280 e. The van der Waals surface area contributed by atoms with Crippen molar-refractivity contribution in [1.82, 2.24) is 14.4 Å². The Morgan fingerprint density at radius 1 is 0.864 bits per heavy atom. The summed E-state index contributed by atoms with van der Waals surface area (Å²) in [5.74, 6) is 1.12. The number of aromatic nitrogens is 3. The second-order valence-corrected chi connectivity index (χ2v) is 5.76. The molecule has 0 aliphatic heterocycles. The van der Waals surface area contributed by atoms with Crippen LogP contribution in [0, 0.1) is 0 Å². The molecule has 0 aliphatic carbocycles. The summed E-state index contributed by atoms with van der Waals surface area (Å²) >= 11 is 0. The predicted molar refractivity (Wildman–Crippen MR) is 91.2 cm³/mol. The molecule has 0 radical (unpaired) electrons. The molecule has 0 unspecified atom stereocenters. The van der Waals surface area contributed by atoms with Crippen LogP contribution in [-0.2, 0) is 6.42 Å². The number of aryl methyl sites for hydroxylation is 1. The van der Waals surface area contributed by atoms with Gasteiger partial charge in [-0.2, -0.15) is 0 Å². The van der Waals surface area contributed by atoms with Crippen molar-refractivity contribution < 1.29 is 0 Å². The fourth-order valence-electron chi connectivity index (χ4n) is 3.12. The van der Waals surface area contributed by atoms with Gasteiger partial charge in [-0.05, 0) is 30.7 Å². The Morgan fingerprint density at radius 3 is 2.50 bits per heavy atom. The molecule has 0 fully saturated rings. The van der Waals surface area contributed by atoms with E-state index in [2.05, 4.69) is 47.7 Å². The van der Waals surface area contributed by atoms with Crippen LogP contribution in [0.4, 0.5) is 0 Å². The van der Waals surface area contributed by atoms with Gasteiger partial charge in [0.05, 0.1) is 16.6 Å². The number of unbranched alkanes of at least 4 members (excludes halogenated alkanes) is 2. The van der Waals surface area contributed by atoms with Gasteiger partial charge in [-0.25, -0.2) is 9.97 Å². The van der Waals surface area contributed by atoms with E-state index in [0.717, 1.165) is 39.8 Å². The third-order valence-electron chi connectivity index (χ3n) is 4.22. The van der Waals surface area contributed by atoms with Gasteiger partial charge in [-0.1, -0.05) is 44.0 Å². The number of fused-ring (bicyclic) bond motifs is 5. The van der Waals surface area contributed by atoms with Crippen LogP contribution >= 0.6 is 0 Å². The van der Waals surface area contributed by atoms with Gasteiger partial charge in [-0.3, -0.25) is 4.40 Å². The summed E-state index contributed by atoms with van der Waals surface area (Å²) in [4.78, 5) is 9.78. The van der Waals surface area contributed by atoms with Gasteiger partial charge in [-0.15, -0.1) is 0 Å². The highest BCUT2D eigenvalue weighted by Crippen LogP contribution is 2.25. The van der Waals surface area contributed by atoms with Gasteiger partial charge in [0.1, 0.15) is 11.5 Å². The summed E-state index contributed by atoms with van der Waals surface area (Å²) in [7, 11) is 0. The zero-order valence-corrected chi connectivity index (χ0v) is 12.8. The first-order valence-corrected chi connectivity index (χ1v) is 8.03. The van der Waals surface area contributed by atoms with E-state index in [9.17, 15) is 0 Å². The molecular weight excluding hydrogens is 270 g/mol. The van der Waals surface area contributed by atoms with Gasteiger partial charge in [0.15, 0.2) is 0 Å². The molecule has 110 valence electrons. The first kappa shape index (κ1) is 13.3. The molecule has 3 nitrogen and oxygen atoms in total. The molecule has 2 aromatic carbocycles. The average molecular weight is 289 g/mol. The molecule has 0 atom stereocenters. The summed E-state index contributed by atoms with van der Waals surface area (Å²) in [6.45, 7) is 2.23. The Balaban J connectivity index is 2.05. The molecule has 0 bridgehead atoms. The van der Waals surface area contributed by atoms with Crippen LogP contribution in [0.3, 0.4) is 0 Å². The van der Waals surface area contributed by atoms with Crippen molar-refractivity contribution in [2.24, 2.45) is 0 Å². The van der Waals surface area contributed by atoms with Gasteiger partial charge in [0.25, 0.3) is 0 Å². The zero-order chi connectivity index (χ0) is 14.9. The SMILES string of the molecule is CCCCCc1nc2ccccc2c2nc3ccccc3n12. The highest BCUT2D eigenvalue weighted by Gasteiger charge is 2.12. The third kappa shape index (κ3) is 2.05. The zero-order valence-electron chi connectivity index (χ0n) is 12.8. The minimum atomic E-state index is 0.996. The van der Waals surface area contributed by atoms with Crippen molar-refractivity contribution in [1.29, 1.82) is 0 Å². The molecule has 0 saturated carbocycles. The summed E-state index contributed by atoms with van der Waals surface area (Å²) in [5.41, 5.74) is 4.26. The van der Waals surface area contributed by atoms with E-state index in [-0.39, 0.29) is 0 Å². The lowest BCUT2D eigenvalue weighted by Crippen LogP contribution is -2.02. The standard InChI is InChI=1S/C19H19N3/c1-2-3-4-13-18-20-15-10-6-5-9-14(15)19-21-16-11-7-8-12-17(16)22(18)19/h5-12H,2-4,13H2,1H3. The summed E-state index contributed by atoms with van der Waals surface area (Å²) in [6.07, 6.45) is 4.63. The summed E-state index contributed by atoms with van der Waals surface area (Å²) in [5, 5.41) is 1.12. The van der Waals surface area contributed by atoms with Gasteiger partial charge >= 0.3 is 0 Å². The second kappa shape index (κ2) is 5.41. The van der Waals surface area contributed by atoms with Crippen LogP contribution in [0.1, 0.15) is 32.0 Å². The maximum Gasteiger partial charge on any atom is 0.148 e. The first-order valence-electron chi connectivity index (χ1n) is 8.03. The largest absolute Gasteiger partial charge is 0.280 e. The Labute approximate surface area is 129 Å². The van der Waals surface area contributed by atoms with Gasteiger partial charge in [0, 0.05) is 11.8 Å². The topological polar surface area (TPSA) is 30.2 Å². The van der Waals surface area contributed by atoms with Crippen LogP contribution in [0.15, 0.2) is 48.5 Å². The van der Waals surface area contributed by atoms with E-state index in [1.54, 1.807) is 0 Å². The van der Waals surface area contributed by atoms with Gasteiger partial charge < -0.3 is 0 Å². The maximum absolute atomic E-state index is 4.92. The van der Waals surface area contributed by atoms with Crippen molar-refractivity contribution in [2.75, 3.05) is 0 Å². The number of rotatable bonds is 4. The molecule has 0 aliphatic rings. The molecule has 22 heavy (non-hydrogen) atoms. The molecule has 0 amide bonds. The van der Waals surface area contributed by atoms with Crippen molar-refractivity contribution in [3.63, 3.8) is 0 Å². The van der Waals surface area contributed by atoms with Crippen LogP contribution < -0.4 is 0 Å². The van der Waals surface area contributed by atoms with Crippen molar-refractivity contribution in [3.8, 4) is 0 Å². The fourth-order valence-corrected chi connectivity index (χ4v) is 3.12. The molecule has 0 spiro atoms. The lowest BCUT2D eigenvalue weighted by atomic mass is 10.2. The smallest absolute Gasteiger partial charge is 0.148 e. The molecule has 2 heterocycles. The highest BCUT2D eigenvalue weighted by atomic mass is 15.1. The second-order valence-electron chi connectivity index (χ2n) is 5.76. The van der Waals surface area contributed by atoms with E-state index in [1.165, 1.54) is 19.3 Å². The Morgan fingerprint density at radius 2 is 1.64 bits per heavy atom. The van der Waals surface area contributed by atoms with E-state index in [1.807, 2.05) is 12.1 Å². The number of hydrogen-bond acceptors (Lipinski definition) is 2. The highest BCUT2D eigenvalue weighted by molar-refractivity contribution is 5.96. The molecular formula is C19H19N3. The fraction of sp³-hybridized carbons (Fsp3) is 0.263. The normalized spacial score (nSPS) is 11.7. The Bertz CT molecular complexity index is 953. The molecule has 0 saturated heterocycles. The first-order chi connectivity index (χ1) is 10.9. The number of para-hydroxylation sites is 3. The van der Waals surface area contributed by atoms with Crippen molar-refractivity contribution >= 4 is 27.6 Å². The number of nitrogens with zero attached hydrogens (tertiary/aromatic N) is 3. The van der Waals surface area contributed by atoms with Crippen molar-refractivity contribution in [3.05, 3.63) is 54.4 Å². The number of imidazole rings is 1. The summed E-state index contributed by atoms with van der Waals surface area (Å²) in [6, 6.07) is 16.6. The number of benzene rings is 2. The van der Waals surface area contributed by atoms with E-state index >= 15 is 0 Å². The molecule has 2 aromatic heterocycles. The van der Waals surface area contributed by atoms with Crippen LogP contribution in [0.2, 0.25) is 0 Å². The molecule has 0 N–H and O–H groups in total. The number of hydrogen-bond donors (Lipinski definition) is 0. The monoisotopic (exact) mass is 289 g/mol. The minimum absolute atomic E-state index is 0.996. The molecule has 4 rings (SSSR count). The van der Waals surface area contributed by atoms with Crippen LogP contribution in [0.25, 0.3) is 27.6 Å².